The number of aryl methyl sites for hydroxylation is 1. The highest BCUT2D eigenvalue weighted by molar-refractivity contribution is 5.21. The average Bonchev–Trinajstić information content (AvgIpc) is 2.95. The summed E-state index contributed by atoms with van der Waals surface area (Å²) in [6.07, 6.45) is 0. The maximum Gasteiger partial charge on any atom is 0.123 e. The highest BCUT2D eigenvalue weighted by atomic mass is 19.1. The number of halogens is 1. The van der Waals surface area contributed by atoms with Gasteiger partial charge in [-0.15, -0.1) is 5.10 Å². The number of hydrogen-bond acceptors (Lipinski definition) is 5. The summed E-state index contributed by atoms with van der Waals surface area (Å²) in [5, 5.41) is 8.50. The number of ether oxygens (including phenoxy) is 1. The fourth-order valence-corrected chi connectivity index (χ4v) is 3.27. The van der Waals surface area contributed by atoms with Crippen molar-refractivity contribution in [2.45, 2.75) is 19.0 Å². The van der Waals surface area contributed by atoms with Crippen LogP contribution in [0.1, 0.15) is 22.9 Å². The van der Waals surface area contributed by atoms with Gasteiger partial charge in [-0.25, -0.2) is 4.39 Å². The van der Waals surface area contributed by atoms with Gasteiger partial charge in [-0.05, 0) is 31.8 Å². The van der Waals surface area contributed by atoms with Crippen LogP contribution >= 0.6 is 0 Å². The van der Waals surface area contributed by atoms with Gasteiger partial charge in [0, 0.05) is 39.1 Å². The van der Waals surface area contributed by atoms with E-state index in [1.165, 1.54) is 17.8 Å². The molecule has 0 saturated heterocycles. The van der Waals surface area contributed by atoms with Crippen molar-refractivity contribution in [3.63, 3.8) is 0 Å². The molecule has 0 bridgehead atoms. The van der Waals surface area contributed by atoms with Crippen molar-refractivity contribution in [2.24, 2.45) is 7.05 Å². The molecule has 2 heterocycles. The zero-order valence-electron chi connectivity index (χ0n) is 15.2. The fraction of sp³-hybridized carbons (Fsp3) is 0.556. The molecule has 0 spiro atoms. The molecule has 3 rings (SSSR count). The second-order valence-electron chi connectivity index (χ2n) is 6.92. The standard InChI is InChI=1S/C18H26FN5O/c1-22(2)8-9-25-13-15-11-24(10-14-4-6-16(19)7-5-14)12-17-18(15)23(3)21-20-17/h4-7,15H,8-13H2,1-3H3/t15-/m1/s1. The highest BCUT2D eigenvalue weighted by Crippen LogP contribution is 2.27. The van der Waals surface area contributed by atoms with Crippen LogP contribution in [-0.2, 0) is 24.9 Å². The molecule has 7 heteroatoms. The molecule has 0 radical (unpaired) electrons. The van der Waals surface area contributed by atoms with E-state index < -0.39 is 0 Å². The molecule has 1 aliphatic rings. The Hall–Kier alpha value is -1.83. The third-order valence-electron chi connectivity index (χ3n) is 4.50. The molecular formula is C18H26FN5O. The Kier molecular flexibility index (Phi) is 5.78. The highest BCUT2D eigenvalue weighted by Gasteiger charge is 2.30. The average molecular weight is 347 g/mol. The minimum Gasteiger partial charge on any atom is -0.379 e. The second-order valence-corrected chi connectivity index (χ2v) is 6.92. The van der Waals surface area contributed by atoms with E-state index in [1.54, 1.807) is 0 Å². The van der Waals surface area contributed by atoms with Gasteiger partial charge < -0.3 is 9.64 Å². The molecule has 6 nitrogen and oxygen atoms in total. The molecule has 0 fully saturated rings. The van der Waals surface area contributed by atoms with Gasteiger partial charge >= 0.3 is 0 Å². The van der Waals surface area contributed by atoms with Gasteiger partial charge in [0.15, 0.2) is 0 Å². The van der Waals surface area contributed by atoms with Crippen LogP contribution in [0.15, 0.2) is 24.3 Å². The maximum absolute atomic E-state index is 13.1. The lowest BCUT2D eigenvalue weighted by atomic mass is 9.98. The molecule has 25 heavy (non-hydrogen) atoms. The molecule has 1 atom stereocenters. The molecule has 0 aliphatic carbocycles. The molecule has 1 aromatic carbocycles. The first kappa shape index (κ1) is 18.0. The zero-order chi connectivity index (χ0) is 17.8. The Morgan fingerprint density at radius 2 is 2.04 bits per heavy atom. The SMILES string of the molecule is CN(C)CCOC[C@H]1CN(Cc2ccc(F)cc2)Cc2nnn(C)c21. The summed E-state index contributed by atoms with van der Waals surface area (Å²) in [6, 6.07) is 6.69. The van der Waals surface area contributed by atoms with E-state index in [9.17, 15) is 4.39 Å². The van der Waals surface area contributed by atoms with E-state index in [2.05, 4.69) is 20.1 Å². The monoisotopic (exact) mass is 347 g/mol. The summed E-state index contributed by atoms with van der Waals surface area (Å²) >= 11 is 0. The summed E-state index contributed by atoms with van der Waals surface area (Å²) in [7, 11) is 6.02. The van der Waals surface area contributed by atoms with Crippen LogP contribution in [0.5, 0.6) is 0 Å². The fourth-order valence-electron chi connectivity index (χ4n) is 3.27. The van der Waals surface area contributed by atoms with Crippen LogP contribution in [-0.4, -0.2) is 65.2 Å². The molecule has 0 unspecified atom stereocenters. The lowest BCUT2D eigenvalue weighted by molar-refractivity contribution is 0.0834. The molecule has 1 aliphatic heterocycles. The number of fused-ring (bicyclic) bond motifs is 1. The quantitative estimate of drug-likeness (QED) is 0.713. The summed E-state index contributed by atoms with van der Waals surface area (Å²) in [4.78, 5) is 4.43. The predicted octanol–water partition coefficient (Wildman–Crippen LogP) is 1.63. The molecular weight excluding hydrogens is 321 g/mol. The lowest BCUT2D eigenvalue weighted by Gasteiger charge is -2.32. The number of nitrogens with zero attached hydrogens (tertiary/aromatic N) is 5. The van der Waals surface area contributed by atoms with Crippen molar-refractivity contribution < 1.29 is 9.13 Å². The van der Waals surface area contributed by atoms with Gasteiger partial charge in [0.1, 0.15) is 11.5 Å². The maximum atomic E-state index is 13.1. The molecule has 0 N–H and O–H groups in total. The topological polar surface area (TPSA) is 46.4 Å². The Morgan fingerprint density at radius 3 is 2.76 bits per heavy atom. The summed E-state index contributed by atoms with van der Waals surface area (Å²) in [6.45, 7) is 4.68. The number of aromatic nitrogens is 3. The van der Waals surface area contributed by atoms with E-state index in [0.29, 0.717) is 13.2 Å². The Balaban J connectivity index is 1.66. The van der Waals surface area contributed by atoms with Gasteiger partial charge in [-0.2, -0.15) is 0 Å². The van der Waals surface area contributed by atoms with Gasteiger partial charge in [-0.1, -0.05) is 17.3 Å². The van der Waals surface area contributed by atoms with E-state index in [1.807, 2.05) is 38.0 Å². The molecule has 0 saturated carbocycles. The van der Waals surface area contributed by atoms with E-state index in [4.69, 9.17) is 4.74 Å². The van der Waals surface area contributed by atoms with Crippen molar-refractivity contribution in [1.29, 1.82) is 0 Å². The van der Waals surface area contributed by atoms with Crippen LogP contribution in [0.2, 0.25) is 0 Å². The Bertz CT molecular complexity index is 685. The van der Waals surface area contributed by atoms with Crippen LogP contribution in [0.25, 0.3) is 0 Å². The van der Waals surface area contributed by atoms with Crippen LogP contribution < -0.4 is 0 Å². The largest absolute Gasteiger partial charge is 0.379 e. The van der Waals surface area contributed by atoms with Crippen molar-refractivity contribution in [1.82, 2.24) is 24.8 Å². The summed E-state index contributed by atoms with van der Waals surface area (Å²) < 4.78 is 20.9. The summed E-state index contributed by atoms with van der Waals surface area (Å²) in [5.41, 5.74) is 3.28. The molecule has 2 aromatic rings. The zero-order valence-corrected chi connectivity index (χ0v) is 15.2. The Morgan fingerprint density at radius 1 is 1.28 bits per heavy atom. The van der Waals surface area contributed by atoms with Crippen LogP contribution in [0.3, 0.4) is 0 Å². The Labute approximate surface area is 148 Å². The van der Waals surface area contributed by atoms with Crippen molar-refractivity contribution in [3.8, 4) is 0 Å². The van der Waals surface area contributed by atoms with Crippen molar-refractivity contribution >= 4 is 0 Å². The lowest BCUT2D eigenvalue weighted by Crippen LogP contribution is -2.36. The van der Waals surface area contributed by atoms with Gasteiger partial charge in [0.25, 0.3) is 0 Å². The van der Waals surface area contributed by atoms with Crippen LogP contribution in [0, 0.1) is 5.82 Å². The first-order valence-electron chi connectivity index (χ1n) is 8.60. The number of rotatable bonds is 7. The molecule has 1 aromatic heterocycles. The third kappa shape index (κ3) is 4.62. The van der Waals surface area contributed by atoms with Gasteiger partial charge in [0.2, 0.25) is 0 Å². The van der Waals surface area contributed by atoms with Gasteiger partial charge in [-0.3, -0.25) is 9.58 Å². The normalized spacial score (nSPS) is 17.9. The predicted molar refractivity (Wildman–Crippen MR) is 93.6 cm³/mol. The summed E-state index contributed by atoms with van der Waals surface area (Å²) in [5.74, 6) is 0.0390. The number of hydrogen-bond donors (Lipinski definition) is 0. The van der Waals surface area contributed by atoms with Crippen LogP contribution in [0.4, 0.5) is 4.39 Å². The van der Waals surface area contributed by atoms with Gasteiger partial charge in [0.05, 0.1) is 18.9 Å². The van der Waals surface area contributed by atoms with E-state index in [-0.39, 0.29) is 11.7 Å². The second kappa shape index (κ2) is 8.03. The first-order valence-corrected chi connectivity index (χ1v) is 8.60. The number of benzene rings is 1. The van der Waals surface area contributed by atoms with E-state index in [0.717, 1.165) is 37.4 Å². The minimum absolute atomic E-state index is 0.203. The molecule has 136 valence electrons. The first-order chi connectivity index (χ1) is 12.0. The van der Waals surface area contributed by atoms with Crippen molar-refractivity contribution in [3.05, 3.63) is 47.0 Å². The van der Waals surface area contributed by atoms with Crippen molar-refractivity contribution in [2.75, 3.05) is 40.4 Å². The number of likely N-dealkylation sites (N-methyl/N-ethyl adjacent to an activating group) is 1. The third-order valence-corrected chi connectivity index (χ3v) is 4.50. The van der Waals surface area contributed by atoms with E-state index >= 15 is 0 Å². The molecule has 0 amide bonds. The minimum atomic E-state index is -0.203. The smallest absolute Gasteiger partial charge is 0.123 e.